The molecule has 1 heterocycles. The molecule has 5 N–H and O–H groups in total. The third-order valence-electron chi connectivity index (χ3n) is 4.80. The highest BCUT2D eigenvalue weighted by Gasteiger charge is 2.45. The Labute approximate surface area is 174 Å². The van der Waals surface area contributed by atoms with Gasteiger partial charge in [0.1, 0.15) is 24.4 Å². The van der Waals surface area contributed by atoms with Crippen LogP contribution in [0.2, 0.25) is 0 Å². The van der Waals surface area contributed by atoms with Crippen LogP contribution in [-0.4, -0.2) is 82.5 Å². The van der Waals surface area contributed by atoms with Crippen LogP contribution in [0, 0.1) is 0 Å². The Morgan fingerprint density at radius 2 is 1.83 bits per heavy atom. The molecule has 1 aromatic rings. The fourth-order valence-electron chi connectivity index (χ4n) is 3.06. The molecule has 1 aliphatic rings. The van der Waals surface area contributed by atoms with E-state index in [1.807, 2.05) is 0 Å². The number of rotatable bonds is 10. The van der Waals surface area contributed by atoms with Gasteiger partial charge in [-0.1, -0.05) is 26.2 Å². The molecular formula is C20H30O10. The van der Waals surface area contributed by atoms with Crippen LogP contribution in [0.5, 0.6) is 17.2 Å². The number of aromatic hydroxyl groups is 1. The van der Waals surface area contributed by atoms with Gasteiger partial charge >= 0.3 is 5.97 Å². The number of aliphatic hydroxyl groups is 4. The lowest BCUT2D eigenvalue weighted by Gasteiger charge is -2.39. The number of carbonyl (C=O) groups is 1. The number of phenols is 1. The van der Waals surface area contributed by atoms with Crippen molar-refractivity contribution >= 4 is 5.97 Å². The summed E-state index contributed by atoms with van der Waals surface area (Å²) in [6.07, 6.45) is -3.79. The van der Waals surface area contributed by atoms with Crippen LogP contribution in [-0.2, 0) is 9.47 Å². The first-order valence-corrected chi connectivity index (χ1v) is 9.89. The average Bonchev–Trinajstić information content (AvgIpc) is 2.73. The largest absolute Gasteiger partial charge is 0.504 e. The van der Waals surface area contributed by atoms with Gasteiger partial charge in [-0.15, -0.1) is 0 Å². The number of methoxy groups -OCH3 is 1. The predicted octanol–water partition coefficient (Wildman–Crippen LogP) is 0.317. The molecule has 0 aromatic heterocycles. The van der Waals surface area contributed by atoms with E-state index in [1.54, 1.807) is 0 Å². The lowest BCUT2D eigenvalue weighted by molar-refractivity contribution is -0.277. The molecular weight excluding hydrogens is 400 g/mol. The number of phenolic OH excluding ortho intramolecular Hbond substituents is 1. The maximum atomic E-state index is 12.3. The Morgan fingerprint density at radius 3 is 2.47 bits per heavy atom. The van der Waals surface area contributed by atoms with Crippen molar-refractivity contribution in [3.63, 3.8) is 0 Å². The van der Waals surface area contributed by atoms with Gasteiger partial charge in [-0.3, -0.25) is 0 Å². The Hall–Kier alpha value is -2.11. The topological polar surface area (TPSA) is 155 Å². The molecule has 170 valence electrons. The lowest BCUT2D eigenvalue weighted by atomic mass is 9.99. The number of ether oxygens (including phenoxy) is 4. The summed E-state index contributed by atoms with van der Waals surface area (Å²) in [5, 5.41) is 49.4. The van der Waals surface area contributed by atoms with E-state index in [-0.39, 0.29) is 23.7 Å². The van der Waals surface area contributed by atoms with Gasteiger partial charge in [0.15, 0.2) is 11.5 Å². The molecule has 1 aromatic carbocycles. The number of hydrogen-bond acceptors (Lipinski definition) is 10. The fourth-order valence-corrected chi connectivity index (χ4v) is 3.06. The minimum absolute atomic E-state index is 0.0108. The molecule has 1 saturated heterocycles. The number of carbonyl (C=O) groups excluding carboxylic acids is 1. The first kappa shape index (κ1) is 24.2. The molecule has 0 aliphatic carbocycles. The van der Waals surface area contributed by atoms with Crippen LogP contribution in [0.15, 0.2) is 12.1 Å². The highest BCUT2D eigenvalue weighted by molar-refractivity contribution is 5.91. The molecule has 1 fully saturated rings. The van der Waals surface area contributed by atoms with E-state index >= 15 is 0 Å². The Kier molecular flexibility index (Phi) is 9.12. The van der Waals surface area contributed by atoms with Crippen molar-refractivity contribution in [2.75, 3.05) is 20.3 Å². The lowest BCUT2D eigenvalue weighted by Crippen LogP contribution is -2.60. The second kappa shape index (κ2) is 11.3. The summed E-state index contributed by atoms with van der Waals surface area (Å²) in [6.45, 7) is 1.68. The molecule has 1 aliphatic heterocycles. The van der Waals surface area contributed by atoms with Crippen molar-refractivity contribution in [3.05, 3.63) is 17.7 Å². The normalized spacial score (nSPS) is 26.3. The van der Waals surface area contributed by atoms with E-state index in [0.29, 0.717) is 0 Å². The van der Waals surface area contributed by atoms with Gasteiger partial charge in [-0.05, 0) is 18.6 Å². The minimum atomic E-state index is -1.66. The first-order chi connectivity index (χ1) is 14.3. The maximum Gasteiger partial charge on any atom is 0.338 e. The second-order valence-corrected chi connectivity index (χ2v) is 7.04. The smallest absolute Gasteiger partial charge is 0.338 e. The molecule has 0 amide bonds. The van der Waals surface area contributed by atoms with Crippen molar-refractivity contribution in [1.29, 1.82) is 0 Å². The van der Waals surface area contributed by atoms with Crippen molar-refractivity contribution in [3.8, 4) is 17.2 Å². The van der Waals surface area contributed by atoms with E-state index in [0.717, 1.165) is 31.7 Å². The highest BCUT2D eigenvalue weighted by Crippen LogP contribution is 2.39. The van der Waals surface area contributed by atoms with Gasteiger partial charge in [-0.25, -0.2) is 4.79 Å². The van der Waals surface area contributed by atoms with E-state index in [9.17, 15) is 30.3 Å². The fraction of sp³-hybridized carbons (Fsp3) is 0.650. The van der Waals surface area contributed by atoms with Crippen LogP contribution >= 0.6 is 0 Å². The molecule has 2 rings (SSSR count). The number of aliphatic hydroxyl groups excluding tert-OH is 4. The molecule has 0 spiro atoms. The molecule has 10 heteroatoms. The molecule has 5 atom stereocenters. The molecule has 0 saturated carbocycles. The number of unbranched alkanes of at least 4 members (excludes halogenated alkanes) is 3. The minimum Gasteiger partial charge on any atom is -0.504 e. The monoisotopic (exact) mass is 430 g/mol. The van der Waals surface area contributed by atoms with E-state index in [4.69, 9.17) is 18.9 Å². The van der Waals surface area contributed by atoms with Gasteiger partial charge in [-0.2, -0.15) is 0 Å². The van der Waals surface area contributed by atoms with Crippen molar-refractivity contribution in [2.24, 2.45) is 0 Å². The SMILES string of the molecule is CCCCCCOC(=O)c1cc(O)c(OC)c(O[C@@H]2O[C@H](CO)[C@@H](O)[C@H](O)[C@H]2O)c1. The van der Waals surface area contributed by atoms with Crippen LogP contribution in [0.1, 0.15) is 43.0 Å². The molecule has 0 bridgehead atoms. The third kappa shape index (κ3) is 5.73. The summed E-state index contributed by atoms with van der Waals surface area (Å²) < 4.78 is 21.1. The van der Waals surface area contributed by atoms with Gasteiger partial charge in [0, 0.05) is 0 Å². The summed E-state index contributed by atoms with van der Waals surface area (Å²) in [7, 11) is 1.26. The van der Waals surface area contributed by atoms with Gasteiger partial charge in [0.05, 0.1) is 25.9 Å². The van der Waals surface area contributed by atoms with Crippen molar-refractivity contribution < 1.29 is 49.3 Å². The summed E-state index contributed by atoms with van der Waals surface area (Å²) in [5.74, 6) is -1.37. The Morgan fingerprint density at radius 1 is 1.10 bits per heavy atom. The van der Waals surface area contributed by atoms with Gasteiger partial charge < -0.3 is 44.5 Å². The Bertz CT molecular complexity index is 692. The molecule has 0 unspecified atom stereocenters. The third-order valence-corrected chi connectivity index (χ3v) is 4.80. The molecule has 30 heavy (non-hydrogen) atoms. The molecule has 0 radical (unpaired) electrons. The molecule has 10 nitrogen and oxygen atoms in total. The zero-order valence-electron chi connectivity index (χ0n) is 17.1. The van der Waals surface area contributed by atoms with E-state index < -0.39 is 49.0 Å². The zero-order valence-corrected chi connectivity index (χ0v) is 17.1. The summed E-state index contributed by atoms with van der Waals surface area (Å²) in [5.41, 5.74) is -0.0108. The van der Waals surface area contributed by atoms with Crippen LogP contribution in [0.3, 0.4) is 0 Å². The quantitative estimate of drug-likeness (QED) is 0.259. The van der Waals surface area contributed by atoms with Crippen molar-refractivity contribution in [1.82, 2.24) is 0 Å². The second-order valence-electron chi connectivity index (χ2n) is 7.04. The zero-order chi connectivity index (χ0) is 22.3. The maximum absolute atomic E-state index is 12.3. The van der Waals surface area contributed by atoms with Crippen LogP contribution < -0.4 is 9.47 Å². The number of esters is 1. The van der Waals surface area contributed by atoms with Gasteiger partial charge in [0.2, 0.25) is 12.0 Å². The van der Waals surface area contributed by atoms with Crippen LogP contribution in [0.25, 0.3) is 0 Å². The van der Waals surface area contributed by atoms with Gasteiger partial charge in [0.25, 0.3) is 0 Å². The van der Waals surface area contributed by atoms with E-state index in [1.165, 1.54) is 13.2 Å². The average molecular weight is 430 g/mol. The van der Waals surface area contributed by atoms with E-state index in [2.05, 4.69) is 6.92 Å². The summed E-state index contributed by atoms with van der Waals surface area (Å²) >= 11 is 0. The highest BCUT2D eigenvalue weighted by atomic mass is 16.7. The number of hydrogen-bond donors (Lipinski definition) is 5. The standard InChI is InChI=1S/C20H30O10/c1-3-4-5-6-7-28-19(26)11-8-12(22)18(27-2)13(9-11)29-20-17(25)16(24)15(23)14(10-21)30-20/h8-9,14-17,20-25H,3-7,10H2,1-2H3/t14-,15-,16+,17-,20-/m1/s1. The van der Waals surface area contributed by atoms with Crippen LogP contribution in [0.4, 0.5) is 0 Å². The summed E-state index contributed by atoms with van der Waals surface area (Å²) in [4.78, 5) is 12.3. The Balaban J connectivity index is 2.17. The number of benzene rings is 1. The summed E-state index contributed by atoms with van der Waals surface area (Å²) in [6, 6.07) is 2.40. The predicted molar refractivity (Wildman–Crippen MR) is 103 cm³/mol. The first-order valence-electron chi connectivity index (χ1n) is 9.89. The van der Waals surface area contributed by atoms with Crippen molar-refractivity contribution in [2.45, 2.75) is 63.3 Å².